The molecule has 2 heterocycles. The molecule has 0 saturated heterocycles. The molecule has 2 aromatic rings. The molecule has 0 aliphatic heterocycles. The Hall–Kier alpha value is -2.24. The van der Waals surface area contributed by atoms with Crippen LogP contribution in [-0.4, -0.2) is 21.1 Å². The molecule has 1 amide bonds. The fraction of sp³-hybridized carbons (Fsp3) is 0.100. The summed E-state index contributed by atoms with van der Waals surface area (Å²) in [5.74, 6) is -1.11. The summed E-state index contributed by atoms with van der Waals surface area (Å²) in [6, 6.07) is 3.06. The molecule has 0 aliphatic carbocycles. The van der Waals surface area contributed by atoms with E-state index in [1.54, 1.807) is 12.3 Å². The van der Waals surface area contributed by atoms with Crippen molar-refractivity contribution in [2.75, 3.05) is 0 Å². The predicted octanol–water partition coefficient (Wildman–Crippen LogP) is 0.874. The number of pyridine rings is 1. The van der Waals surface area contributed by atoms with Crippen molar-refractivity contribution < 1.29 is 9.18 Å². The third-order valence-corrected chi connectivity index (χ3v) is 2.01. The summed E-state index contributed by atoms with van der Waals surface area (Å²) >= 11 is 0. The molecule has 0 spiro atoms. The molecule has 0 radical (unpaired) electrons. The molecular formula is C10H9FN4O. The van der Waals surface area contributed by atoms with Crippen molar-refractivity contribution in [2.45, 2.75) is 6.54 Å². The van der Waals surface area contributed by atoms with Gasteiger partial charge in [-0.05, 0) is 12.1 Å². The highest BCUT2D eigenvalue weighted by Gasteiger charge is 2.10. The Morgan fingerprint density at radius 2 is 2.31 bits per heavy atom. The number of carbonyl (C=O) groups excluding carboxylic acids is 1. The van der Waals surface area contributed by atoms with Crippen LogP contribution in [0.5, 0.6) is 0 Å². The lowest BCUT2D eigenvalue weighted by molar-refractivity contribution is 0.0946. The van der Waals surface area contributed by atoms with Gasteiger partial charge in [0.1, 0.15) is 0 Å². The van der Waals surface area contributed by atoms with Crippen LogP contribution < -0.4 is 5.32 Å². The minimum absolute atomic E-state index is 0.0190. The molecule has 0 unspecified atom stereocenters. The molecule has 5 nitrogen and oxygen atoms in total. The third-order valence-electron chi connectivity index (χ3n) is 2.01. The normalized spacial score (nSPS) is 10.1. The minimum atomic E-state index is -0.635. The van der Waals surface area contributed by atoms with Crippen LogP contribution in [0.4, 0.5) is 4.39 Å². The number of nitrogens with zero attached hydrogens (tertiary/aromatic N) is 2. The third kappa shape index (κ3) is 2.22. The van der Waals surface area contributed by atoms with E-state index in [1.807, 2.05) is 0 Å². The lowest BCUT2D eigenvalue weighted by atomic mass is 10.2. The van der Waals surface area contributed by atoms with Crippen LogP contribution in [-0.2, 0) is 6.54 Å². The first-order valence-electron chi connectivity index (χ1n) is 4.63. The number of aromatic amines is 1. The second kappa shape index (κ2) is 4.52. The molecule has 0 aliphatic rings. The summed E-state index contributed by atoms with van der Waals surface area (Å²) in [5, 5.41) is 8.98. The van der Waals surface area contributed by atoms with Crippen LogP contribution in [0.1, 0.15) is 16.1 Å². The number of rotatable bonds is 3. The van der Waals surface area contributed by atoms with Crippen molar-refractivity contribution in [2.24, 2.45) is 0 Å². The van der Waals surface area contributed by atoms with Gasteiger partial charge in [0.05, 0.1) is 24.0 Å². The fourth-order valence-corrected chi connectivity index (χ4v) is 1.21. The summed E-state index contributed by atoms with van der Waals surface area (Å²) in [4.78, 5) is 15.1. The molecule has 2 rings (SSSR count). The Kier molecular flexibility index (Phi) is 2.90. The first-order valence-corrected chi connectivity index (χ1v) is 4.63. The van der Waals surface area contributed by atoms with E-state index in [-0.39, 0.29) is 12.1 Å². The van der Waals surface area contributed by atoms with Crippen molar-refractivity contribution in [3.05, 3.63) is 47.8 Å². The molecule has 0 atom stereocenters. The quantitative estimate of drug-likeness (QED) is 0.806. The first kappa shape index (κ1) is 10.3. The number of aromatic nitrogens is 3. The topological polar surface area (TPSA) is 70.7 Å². The molecule has 0 fully saturated rings. The zero-order valence-corrected chi connectivity index (χ0v) is 8.27. The summed E-state index contributed by atoms with van der Waals surface area (Å²) in [5.41, 5.74) is 0.734. The molecular weight excluding hydrogens is 211 g/mol. The van der Waals surface area contributed by atoms with Gasteiger partial charge in [-0.2, -0.15) is 5.10 Å². The van der Waals surface area contributed by atoms with E-state index < -0.39 is 11.7 Å². The van der Waals surface area contributed by atoms with Gasteiger partial charge in [0, 0.05) is 12.4 Å². The van der Waals surface area contributed by atoms with Gasteiger partial charge in [-0.1, -0.05) is 0 Å². The number of hydrogen-bond donors (Lipinski definition) is 2. The average Bonchev–Trinajstić information content (AvgIpc) is 2.79. The Labute approximate surface area is 90.7 Å². The minimum Gasteiger partial charge on any atom is -0.346 e. The molecule has 0 saturated carbocycles. The Morgan fingerprint density at radius 3 is 3.00 bits per heavy atom. The summed E-state index contributed by atoms with van der Waals surface area (Å²) in [6.45, 7) is 0.278. The largest absolute Gasteiger partial charge is 0.346 e. The SMILES string of the molecule is O=C(NCc1ccn[nH]1)c1ccncc1F. The van der Waals surface area contributed by atoms with Gasteiger partial charge in [-0.3, -0.25) is 14.9 Å². The van der Waals surface area contributed by atoms with Crippen LogP contribution >= 0.6 is 0 Å². The lowest BCUT2D eigenvalue weighted by Crippen LogP contribution is -2.24. The van der Waals surface area contributed by atoms with Crippen molar-refractivity contribution >= 4 is 5.91 Å². The summed E-state index contributed by atoms with van der Waals surface area (Å²) < 4.78 is 13.2. The van der Waals surface area contributed by atoms with Gasteiger partial charge in [-0.25, -0.2) is 4.39 Å². The molecule has 2 aromatic heterocycles. The van der Waals surface area contributed by atoms with Crippen LogP contribution in [0.15, 0.2) is 30.7 Å². The molecule has 16 heavy (non-hydrogen) atoms. The van der Waals surface area contributed by atoms with Gasteiger partial charge in [0.2, 0.25) is 0 Å². The number of amides is 1. The number of carbonyl (C=O) groups is 1. The van der Waals surface area contributed by atoms with Crippen molar-refractivity contribution in [1.29, 1.82) is 0 Å². The predicted molar refractivity (Wildman–Crippen MR) is 54.0 cm³/mol. The lowest BCUT2D eigenvalue weighted by Gasteiger charge is -2.03. The number of nitrogens with one attached hydrogen (secondary N) is 2. The van der Waals surface area contributed by atoms with E-state index in [9.17, 15) is 9.18 Å². The molecule has 0 aromatic carbocycles. The smallest absolute Gasteiger partial charge is 0.254 e. The van der Waals surface area contributed by atoms with E-state index in [4.69, 9.17) is 0 Å². The summed E-state index contributed by atoms with van der Waals surface area (Å²) in [6.07, 6.45) is 3.95. The van der Waals surface area contributed by atoms with Crippen molar-refractivity contribution in [3.63, 3.8) is 0 Å². The van der Waals surface area contributed by atoms with Crippen LogP contribution in [0.25, 0.3) is 0 Å². The standard InChI is InChI=1S/C10H9FN4O/c11-9-6-12-3-2-8(9)10(16)13-5-7-1-4-14-15-7/h1-4,6H,5H2,(H,13,16)(H,14,15). The van der Waals surface area contributed by atoms with E-state index in [1.165, 1.54) is 12.3 Å². The Balaban J connectivity index is 2.01. The molecule has 2 N–H and O–H groups in total. The van der Waals surface area contributed by atoms with Gasteiger partial charge < -0.3 is 5.32 Å². The number of halogens is 1. The zero-order valence-electron chi connectivity index (χ0n) is 8.27. The maximum absolute atomic E-state index is 13.2. The maximum atomic E-state index is 13.2. The van der Waals surface area contributed by atoms with Crippen LogP contribution in [0, 0.1) is 5.82 Å². The highest BCUT2D eigenvalue weighted by Crippen LogP contribution is 2.04. The second-order valence-corrected chi connectivity index (χ2v) is 3.12. The molecule has 0 bridgehead atoms. The Morgan fingerprint density at radius 1 is 1.44 bits per heavy atom. The average molecular weight is 220 g/mol. The molecule has 82 valence electrons. The first-order chi connectivity index (χ1) is 7.77. The number of H-pyrrole nitrogens is 1. The van der Waals surface area contributed by atoms with Gasteiger partial charge in [-0.15, -0.1) is 0 Å². The van der Waals surface area contributed by atoms with Crippen LogP contribution in [0.3, 0.4) is 0 Å². The van der Waals surface area contributed by atoms with Crippen LogP contribution in [0.2, 0.25) is 0 Å². The monoisotopic (exact) mass is 220 g/mol. The zero-order chi connectivity index (χ0) is 11.4. The second-order valence-electron chi connectivity index (χ2n) is 3.12. The van der Waals surface area contributed by atoms with Gasteiger partial charge in [0.15, 0.2) is 5.82 Å². The Bertz CT molecular complexity index is 483. The van der Waals surface area contributed by atoms with E-state index in [2.05, 4.69) is 20.5 Å². The number of hydrogen-bond acceptors (Lipinski definition) is 3. The highest BCUT2D eigenvalue weighted by atomic mass is 19.1. The van der Waals surface area contributed by atoms with E-state index in [0.29, 0.717) is 0 Å². The van der Waals surface area contributed by atoms with E-state index in [0.717, 1.165) is 11.9 Å². The van der Waals surface area contributed by atoms with Gasteiger partial charge >= 0.3 is 0 Å². The van der Waals surface area contributed by atoms with Crippen molar-refractivity contribution in [1.82, 2.24) is 20.5 Å². The summed E-state index contributed by atoms with van der Waals surface area (Å²) in [7, 11) is 0. The maximum Gasteiger partial charge on any atom is 0.254 e. The fourth-order valence-electron chi connectivity index (χ4n) is 1.21. The van der Waals surface area contributed by atoms with Crippen molar-refractivity contribution in [3.8, 4) is 0 Å². The van der Waals surface area contributed by atoms with E-state index >= 15 is 0 Å². The highest BCUT2D eigenvalue weighted by molar-refractivity contribution is 5.94. The van der Waals surface area contributed by atoms with Gasteiger partial charge in [0.25, 0.3) is 5.91 Å². The molecule has 6 heteroatoms.